The van der Waals surface area contributed by atoms with Gasteiger partial charge in [-0.3, -0.25) is 0 Å². The molecule has 0 aliphatic rings. The Labute approximate surface area is 160 Å². The molecule has 0 aromatic heterocycles. The zero-order chi connectivity index (χ0) is 18.9. The summed E-state index contributed by atoms with van der Waals surface area (Å²) in [6.45, 7) is 12.9. The maximum absolute atomic E-state index is 6.41. The largest absolute Gasteiger partial charge is 0.490 e. The third-order valence-corrected chi connectivity index (χ3v) is 5.39. The lowest BCUT2D eigenvalue weighted by molar-refractivity contribution is 0.121. The van der Waals surface area contributed by atoms with Crippen molar-refractivity contribution < 1.29 is 4.74 Å². The van der Waals surface area contributed by atoms with Crippen molar-refractivity contribution in [3.05, 3.63) is 71.6 Å². The zero-order valence-corrected chi connectivity index (χ0v) is 17.1. The summed E-state index contributed by atoms with van der Waals surface area (Å²) in [4.78, 5) is 0. The molecule has 2 aromatic carbocycles. The lowest BCUT2D eigenvalue weighted by Crippen LogP contribution is -2.28. The molecule has 26 heavy (non-hydrogen) atoms. The van der Waals surface area contributed by atoms with Crippen LogP contribution in [0.2, 0.25) is 0 Å². The van der Waals surface area contributed by atoms with Crippen LogP contribution in [0.3, 0.4) is 0 Å². The molecule has 2 rings (SSSR count). The van der Waals surface area contributed by atoms with Crippen LogP contribution in [-0.4, -0.2) is 6.10 Å². The average Bonchev–Trinajstić information content (AvgIpc) is 2.63. The quantitative estimate of drug-likeness (QED) is 0.415. The Hall–Kier alpha value is -1.76. The third kappa shape index (κ3) is 6.20. The first-order chi connectivity index (χ1) is 12.5. The lowest BCUT2D eigenvalue weighted by atomic mass is 9.87. The monoisotopic (exact) mass is 351 g/mol. The summed E-state index contributed by atoms with van der Waals surface area (Å²) in [6, 6.07) is 15.0. The SMILES string of the molecule is [CH2]c1ccc(OC(CC)C(CCCCC)Cc2ccc(C)c(C)c2)cc1. The number of rotatable bonds is 10. The zero-order valence-electron chi connectivity index (χ0n) is 17.1. The highest BCUT2D eigenvalue weighted by atomic mass is 16.5. The van der Waals surface area contributed by atoms with Crippen molar-refractivity contribution in [2.45, 2.75) is 72.3 Å². The number of hydrogen-bond donors (Lipinski definition) is 0. The summed E-state index contributed by atoms with van der Waals surface area (Å²) in [5, 5.41) is 0. The molecule has 2 aromatic rings. The summed E-state index contributed by atoms with van der Waals surface area (Å²) >= 11 is 0. The minimum Gasteiger partial charge on any atom is -0.490 e. The number of hydrogen-bond acceptors (Lipinski definition) is 1. The van der Waals surface area contributed by atoms with Gasteiger partial charge < -0.3 is 4.74 Å². The van der Waals surface area contributed by atoms with Crippen LogP contribution < -0.4 is 4.74 Å². The van der Waals surface area contributed by atoms with Gasteiger partial charge in [0.05, 0.1) is 0 Å². The lowest BCUT2D eigenvalue weighted by Gasteiger charge is -2.28. The summed E-state index contributed by atoms with van der Waals surface area (Å²) in [6.07, 6.45) is 7.46. The summed E-state index contributed by atoms with van der Waals surface area (Å²) < 4.78 is 6.41. The van der Waals surface area contributed by atoms with Crippen molar-refractivity contribution in [2.75, 3.05) is 0 Å². The molecule has 0 amide bonds. The van der Waals surface area contributed by atoms with E-state index in [1.54, 1.807) is 0 Å². The normalized spacial score (nSPS) is 13.4. The van der Waals surface area contributed by atoms with Crippen molar-refractivity contribution in [1.29, 1.82) is 0 Å². The molecule has 0 saturated carbocycles. The number of ether oxygens (including phenoxy) is 1. The van der Waals surface area contributed by atoms with Gasteiger partial charge in [-0.25, -0.2) is 0 Å². The number of aryl methyl sites for hydroxylation is 2. The van der Waals surface area contributed by atoms with Gasteiger partial charge in [0.2, 0.25) is 0 Å². The molecule has 0 fully saturated rings. The van der Waals surface area contributed by atoms with Gasteiger partial charge in [-0.15, -0.1) is 0 Å². The van der Waals surface area contributed by atoms with E-state index < -0.39 is 0 Å². The van der Waals surface area contributed by atoms with Crippen LogP contribution in [0.25, 0.3) is 0 Å². The standard InChI is InChI=1S/C25H35O/c1-6-8-9-10-23(18-22-14-13-20(4)21(5)17-22)25(7-2)26-24-15-11-19(3)12-16-24/h11-17,23,25H,3,6-10,18H2,1-2,4-5H3. The highest BCUT2D eigenvalue weighted by Crippen LogP contribution is 2.26. The highest BCUT2D eigenvalue weighted by molar-refractivity contribution is 5.31. The maximum Gasteiger partial charge on any atom is 0.119 e. The third-order valence-electron chi connectivity index (χ3n) is 5.39. The Morgan fingerprint density at radius 1 is 0.923 bits per heavy atom. The van der Waals surface area contributed by atoms with Crippen LogP contribution in [0.4, 0.5) is 0 Å². The molecule has 2 unspecified atom stereocenters. The van der Waals surface area contributed by atoms with Crippen LogP contribution in [0.5, 0.6) is 5.75 Å². The van der Waals surface area contributed by atoms with E-state index in [0.29, 0.717) is 5.92 Å². The Morgan fingerprint density at radius 3 is 2.27 bits per heavy atom. The molecule has 141 valence electrons. The molecule has 2 atom stereocenters. The number of benzene rings is 2. The first-order valence-corrected chi connectivity index (χ1v) is 10.2. The van der Waals surface area contributed by atoms with Gasteiger partial charge in [-0.2, -0.15) is 0 Å². The molecular weight excluding hydrogens is 316 g/mol. The van der Waals surface area contributed by atoms with Crippen LogP contribution in [0.15, 0.2) is 42.5 Å². The predicted molar refractivity (Wildman–Crippen MR) is 113 cm³/mol. The first kappa shape index (κ1) is 20.6. The molecule has 1 heteroatoms. The van der Waals surface area contributed by atoms with E-state index >= 15 is 0 Å². The van der Waals surface area contributed by atoms with Crippen molar-refractivity contribution in [2.24, 2.45) is 5.92 Å². The van der Waals surface area contributed by atoms with Gasteiger partial charge >= 0.3 is 0 Å². The second kappa shape index (κ2) is 10.4. The molecule has 1 radical (unpaired) electrons. The molecule has 0 N–H and O–H groups in total. The Morgan fingerprint density at radius 2 is 1.65 bits per heavy atom. The van der Waals surface area contributed by atoms with E-state index in [1.165, 1.54) is 42.4 Å². The number of unbranched alkanes of at least 4 members (excludes halogenated alkanes) is 2. The highest BCUT2D eigenvalue weighted by Gasteiger charge is 2.22. The van der Waals surface area contributed by atoms with Gasteiger partial charge in [0.25, 0.3) is 0 Å². The van der Waals surface area contributed by atoms with Gasteiger partial charge in [0.1, 0.15) is 11.9 Å². The fourth-order valence-corrected chi connectivity index (χ4v) is 3.56. The molecule has 0 heterocycles. The smallest absolute Gasteiger partial charge is 0.119 e. The van der Waals surface area contributed by atoms with E-state index in [2.05, 4.69) is 52.8 Å². The van der Waals surface area contributed by atoms with Crippen molar-refractivity contribution in [3.8, 4) is 5.75 Å². The van der Waals surface area contributed by atoms with Gasteiger partial charge in [0.15, 0.2) is 0 Å². The second-order valence-electron chi connectivity index (χ2n) is 7.59. The molecule has 0 aliphatic carbocycles. The molecule has 1 nitrogen and oxygen atoms in total. The van der Waals surface area contributed by atoms with E-state index in [4.69, 9.17) is 4.74 Å². The van der Waals surface area contributed by atoms with Crippen LogP contribution in [0.1, 0.15) is 68.2 Å². The van der Waals surface area contributed by atoms with Crippen molar-refractivity contribution in [1.82, 2.24) is 0 Å². The predicted octanol–water partition coefficient (Wildman–Crippen LogP) is 7.08. The molecule has 0 bridgehead atoms. The van der Waals surface area contributed by atoms with Crippen LogP contribution in [-0.2, 0) is 6.42 Å². The summed E-state index contributed by atoms with van der Waals surface area (Å²) in [5.41, 5.74) is 5.22. The summed E-state index contributed by atoms with van der Waals surface area (Å²) in [7, 11) is 0. The van der Waals surface area contributed by atoms with E-state index in [0.717, 1.165) is 24.2 Å². The Bertz CT molecular complexity index is 656. The maximum atomic E-state index is 6.41. The first-order valence-electron chi connectivity index (χ1n) is 10.2. The summed E-state index contributed by atoms with van der Waals surface area (Å²) in [5.74, 6) is 1.51. The molecule has 0 spiro atoms. The van der Waals surface area contributed by atoms with E-state index in [-0.39, 0.29) is 6.10 Å². The van der Waals surface area contributed by atoms with Crippen molar-refractivity contribution in [3.63, 3.8) is 0 Å². The minimum absolute atomic E-state index is 0.254. The Balaban J connectivity index is 2.13. The topological polar surface area (TPSA) is 9.23 Å². The second-order valence-corrected chi connectivity index (χ2v) is 7.59. The fraction of sp³-hybridized carbons (Fsp3) is 0.480. The molecule has 0 aliphatic heterocycles. The molecular formula is C25H35O. The minimum atomic E-state index is 0.254. The van der Waals surface area contributed by atoms with E-state index in [1.807, 2.05) is 24.3 Å². The average molecular weight is 352 g/mol. The van der Waals surface area contributed by atoms with Crippen LogP contribution in [0, 0.1) is 26.7 Å². The Kier molecular flexibility index (Phi) is 8.22. The van der Waals surface area contributed by atoms with Gasteiger partial charge in [-0.05, 0) is 80.3 Å². The van der Waals surface area contributed by atoms with E-state index in [9.17, 15) is 0 Å². The fourth-order valence-electron chi connectivity index (χ4n) is 3.56. The molecule has 0 saturated heterocycles. The van der Waals surface area contributed by atoms with Gasteiger partial charge in [0, 0.05) is 0 Å². The van der Waals surface area contributed by atoms with Crippen molar-refractivity contribution >= 4 is 0 Å². The van der Waals surface area contributed by atoms with Crippen LogP contribution >= 0.6 is 0 Å². The van der Waals surface area contributed by atoms with Gasteiger partial charge in [-0.1, -0.05) is 63.4 Å².